The lowest BCUT2D eigenvalue weighted by atomic mass is 10.7. The molecule has 0 saturated carbocycles. The second-order valence-electron chi connectivity index (χ2n) is 2.43. The number of methoxy groups -OCH3 is 1. The molecule has 0 aliphatic carbocycles. The van der Waals surface area contributed by atoms with Crippen LogP contribution in [0.4, 0.5) is 10.6 Å². The van der Waals surface area contributed by atoms with E-state index in [0.717, 1.165) is 14.2 Å². The van der Waals surface area contributed by atoms with Crippen LogP contribution in [0.25, 0.3) is 0 Å². The van der Waals surface area contributed by atoms with Gasteiger partial charge < -0.3 is 9.26 Å². The Morgan fingerprint density at radius 2 is 2.33 bits per heavy atom. The highest BCUT2D eigenvalue weighted by atomic mass is 32.2. The second-order valence-corrected chi connectivity index (χ2v) is 4.13. The third-order valence-corrected chi connectivity index (χ3v) is 2.80. The van der Waals surface area contributed by atoms with Crippen molar-refractivity contribution in [3.8, 4) is 0 Å². The average molecular weight is 235 g/mol. The number of amides is 1. The quantitative estimate of drug-likeness (QED) is 0.792. The molecule has 0 atom stereocenters. The summed E-state index contributed by atoms with van der Waals surface area (Å²) in [6.07, 6.45) is 0.182. The second kappa shape index (κ2) is 4.17. The van der Waals surface area contributed by atoms with Gasteiger partial charge in [-0.2, -0.15) is 12.7 Å². The lowest BCUT2D eigenvalue weighted by Crippen LogP contribution is -2.37. The van der Waals surface area contributed by atoms with Crippen LogP contribution < -0.4 is 4.72 Å². The van der Waals surface area contributed by atoms with Crippen molar-refractivity contribution in [2.45, 2.75) is 0 Å². The summed E-state index contributed by atoms with van der Waals surface area (Å²) < 4.78 is 33.9. The van der Waals surface area contributed by atoms with Crippen molar-refractivity contribution in [1.29, 1.82) is 0 Å². The zero-order chi connectivity index (χ0) is 11.5. The van der Waals surface area contributed by atoms with Gasteiger partial charge in [0, 0.05) is 13.1 Å². The monoisotopic (exact) mass is 235 g/mol. The zero-order valence-electron chi connectivity index (χ0n) is 8.00. The first kappa shape index (κ1) is 11.3. The minimum absolute atomic E-state index is 0.0225. The van der Waals surface area contributed by atoms with Crippen molar-refractivity contribution in [3.63, 3.8) is 0 Å². The number of rotatable bonds is 3. The third kappa shape index (κ3) is 2.59. The summed E-state index contributed by atoms with van der Waals surface area (Å²) >= 11 is 0. The Morgan fingerprint density at radius 3 is 2.80 bits per heavy atom. The third-order valence-electron chi connectivity index (χ3n) is 1.46. The van der Waals surface area contributed by atoms with E-state index in [1.54, 1.807) is 0 Å². The van der Waals surface area contributed by atoms with Gasteiger partial charge in [0.1, 0.15) is 6.26 Å². The van der Waals surface area contributed by atoms with Crippen molar-refractivity contribution in [2.75, 3.05) is 18.9 Å². The molecular formula is C6H9N3O5S. The first-order valence-electron chi connectivity index (χ1n) is 3.72. The summed E-state index contributed by atoms with van der Waals surface area (Å²) in [5.74, 6) is -0.0225. The molecule has 1 rings (SSSR count). The lowest BCUT2D eigenvalue weighted by molar-refractivity contribution is 0.155. The number of nitrogens with zero attached hydrogens (tertiary/aromatic N) is 2. The van der Waals surface area contributed by atoms with Crippen molar-refractivity contribution in [3.05, 3.63) is 12.3 Å². The molecule has 0 aliphatic heterocycles. The Hall–Kier alpha value is -1.77. The fraction of sp³-hybridized carbons (Fsp3) is 0.333. The van der Waals surface area contributed by atoms with Gasteiger partial charge in [-0.15, -0.1) is 0 Å². The van der Waals surface area contributed by atoms with Crippen LogP contribution in [0.15, 0.2) is 16.9 Å². The highest BCUT2D eigenvalue weighted by Gasteiger charge is 2.24. The topological polar surface area (TPSA) is 102 Å². The van der Waals surface area contributed by atoms with E-state index in [1.165, 1.54) is 12.3 Å². The van der Waals surface area contributed by atoms with Gasteiger partial charge >= 0.3 is 16.3 Å². The van der Waals surface area contributed by atoms with Crippen molar-refractivity contribution in [1.82, 2.24) is 9.46 Å². The maximum absolute atomic E-state index is 11.4. The largest absolute Gasteiger partial charge is 0.452 e. The fourth-order valence-electron chi connectivity index (χ4n) is 0.692. The molecule has 0 saturated heterocycles. The molecule has 1 aromatic rings. The number of anilines is 1. The van der Waals surface area contributed by atoms with Gasteiger partial charge in [-0.1, -0.05) is 5.16 Å². The maximum atomic E-state index is 11.4. The predicted molar refractivity (Wildman–Crippen MR) is 49.2 cm³/mol. The molecule has 15 heavy (non-hydrogen) atoms. The van der Waals surface area contributed by atoms with Gasteiger partial charge in [0.25, 0.3) is 0 Å². The maximum Gasteiger partial charge on any atom is 0.424 e. The highest BCUT2D eigenvalue weighted by molar-refractivity contribution is 7.90. The number of hydrogen-bond acceptors (Lipinski definition) is 6. The highest BCUT2D eigenvalue weighted by Crippen LogP contribution is 2.07. The first-order chi connectivity index (χ1) is 6.97. The molecule has 0 fully saturated rings. The molecule has 0 aromatic carbocycles. The smallest absolute Gasteiger partial charge is 0.424 e. The number of nitrogens with one attached hydrogen (secondary N) is 1. The minimum atomic E-state index is -4.01. The van der Waals surface area contributed by atoms with Gasteiger partial charge in [0.05, 0.1) is 7.11 Å². The van der Waals surface area contributed by atoms with Crippen LogP contribution >= 0.6 is 0 Å². The average Bonchev–Trinajstić information content (AvgIpc) is 2.67. The Morgan fingerprint density at radius 1 is 1.67 bits per heavy atom. The van der Waals surface area contributed by atoms with Gasteiger partial charge in [-0.25, -0.2) is 9.52 Å². The Kier molecular flexibility index (Phi) is 3.14. The van der Waals surface area contributed by atoms with E-state index in [0.29, 0.717) is 4.31 Å². The molecule has 1 N–H and O–H groups in total. The molecule has 0 radical (unpaired) electrons. The summed E-state index contributed by atoms with van der Waals surface area (Å²) in [5.41, 5.74) is 0. The Bertz CT molecular complexity index is 426. The zero-order valence-corrected chi connectivity index (χ0v) is 8.82. The summed E-state index contributed by atoms with van der Waals surface area (Å²) in [6, 6.07) is 1.29. The van der Waals surface area contributed by atoms with Crippen LogP contribution in [0.5, 0.6) is 0 Å². The predicted octanol–water partition coefficient (Wildman–Crippen LogP) is 0.0295. The molecule has 0 aliphatic rings. The number of carbonyl (C=O) groups is 1. The van der Waals surface area contributed by atoms with Crippen LogP contribution in [0.3, 0.4) is 0 Å². The van der Waals surface area contributed by atoms with Crippen molar-refractivity contribution >= 4 is 22.1 Å². The van der Waals surface area contributed by atoms with Gasteiger partial charge in [-0.3, -0.25) is 0 Å². The molecule has 0 bridgehead atoms. The number of hydrogen-bond donors (Lipinski definition) is 1. The molecular weight excluding hydrogens is 226 g/mol. The number of carbonyl (C=O) groups excluding carboxylic acids is 1. The summed E-state index contributed by atoms with van der Waals surface area (Å²) in [4.78, 5) is 10.9. The Labute approximate surface area is 86.0 Å². The molecule has 1 aromatic heterocycles. The molecule has 8 nitrogen and oxygen atoms in total. The van der Waals surface area contributed by atoms with E-state index in [1.807, 2.05) is 4.72 Å². The number of ether oxygens (including phenoxy) is 1. The first-order valence-corrected chi connectivity index (χ1v) is 5.16. The van der Waals surface area contributed by atoms with E-state index >= 15 is 0 Å². The lowest BCUT2D eigenvalue weighted by Gasteiger charge is -2.15. The van der Waals surface area contributed by atoms with E-state index in [-0.39, 0.29) is 5.82 Å². The van der Waals surface area contributed by atoms with Crippen LogP contribution in [-0.2, 0) is 14.9 Å². The van der Waals surface area contributed by atoms with Crippen LogP contribution in [0.1, 0.15) is 0 Å². The SMILES string of the molecule is COC(=O)N(C)S(=O)(=O)Nc1ccon1. The standard InChI is InChI=1S/C6H9N3O5S/c1-9(6(10)13-2)15(11,12)8-5-3-4-14-7-5/h3-4H,1-2H3,(H,7,8). The van der Waals surface area contributed by atoms with Crippen LogP contribution in [0.2, 0.25) is 0 Å². The number of aromatic nitrogens is 1. The van der Waals surface area contributed by atoms with Gasteiger partial charge in [0.2, 0.25) is 0 Å². The van der Waals surface area contributed by atoms with Crippen LogP contribution in [0, 0.1) is 0 Å². The van der Waals surface area contributed by atoms with E-state index in [4.69, 9.17) is 0 Å². The van der Waals surface area contributed by atoms with Gasteiger partial charge in [0.15, 0.2) is 5.82 Å². The van der Waals surface area contributed by atoms with E-state index in [9.17, 15) is 13.2 Å². The summed E-state index contributed by atoms with van der Waals surface area (Å²) in [5, 5.41) is 3.32. The molecule has 84 valence electrons. The fourth-order valence-corrected chi connectivity index (χ4v) is 1.47. The van der Waals surface area contributed by atoms with Gasteiger partial charge in [-0.05, 0) is 0 Å². The van der Waals surface area contributed by atoms with E-state index < -0.39 is 16.3 Å². The van der Waals surface area contributed by atoms with E-state index in [2.05, 4.69) is 14.4 Å². The molecule has 9 heteroatoms. The minimum Gasteiger partial charge on any atom is -0.452 e. The molecule has 1 heterocycles. The summed E-state index contributed by atoms with van der Waals surface area (Å²) in [6.45, 7) is 0. The van der Waals surface area contributed by atoms with Crippen molar-refractivity contribution < 1.29 is 22.5 Å². The molecule has 0 spiro atoms. The van der Waals surface area contributed by atoms with Crippen molar-refractivity contribution in [2.24, 2.45) is 0 Å². The molecule has 0 unspecified atom stereocenters. The summed E-state index contributed by atoms with van der Waals surface area (Å²) in [7, 11) is -1.88. The normalized spacial score (nSPS) is 10.8. The van der Waals surface area contributed by atoms with Crippen LogP contribution in [-0.4, -0.2) is 38.1 Å². The molecule has 1 amide bonds. The Balaban J connectivity index is 2.80.